The highest BCUT2D eigenvalue weighted by atomic mass is 31.2. The first-order valence-corrected chi connectivity index (χ1v) is 5.15. The van der Waals surface area contributed by atoms with Gasteiger partial charge in [0.1, 0.15) is 5.78 Å². The summed E-state index contributed by atoms with van der Waals surface area (Å²) < 4.78 is 10.8. The van der Waals surface area contributed by atoms with Gasteiger partial charge in [0.2, 0.25) is 0 Å². The van der Waals surface area contributed by atoms with Gasteiger partial charge in [-0.1, -0.05) is 12.1 Å². The normalized spacial score (nSPS) is 16.9. The van der Waals surface area contributed by atoms with Gasteiger partial charge in [-0.3, -0.25) is 4.57 Å². The van der Waals surface area contributed by atoms with Gasteiger partial charge in [0.05, 0.1) is 0 Å². The quantitative estimate of drug-likeness (QED) is 0.455. The standard InChI is InChI=1S/C4H10N5O3P/c1-2(3(5)13(10,11)12)4-6-8-9-7-4/h2-3H,5H2,1H3,(H2,10,11,12)(H,6,7,8,9). The molecule has 0 aliphatic rings. The van der Waals surface area contributed by atoms with Crippen molar-refractivity contribution in [1.29, 1.82) is 0 Å². The summed E-state index contributed by atoms with van der Waals surface area (Å²) in [6.45, 7) is 1.52. The summed E-state index contributed by atoms with van der Waals surface area (Å²) in [4.78, 5) is 17.5. The van der Waals surface area contributed by atoms with E-state index in [-0.39, 0.29) is 5.82 Å². The Balaban J connectivity index is 2.80. The fraction of sp³-hybridized carbons (Fsp3) is 0.750. The van der Waals surface area contributed by atoms with E-state index < -0.39 is 19.3 Å². The van der Waals surface area contributed by atoms with Gasteiger partial charge in [-0.2, -0.15) is 5.21 Å². The Kier molecular flexibility index (Phi) is 2.77. The topological polar surface area (TPSA) is 138 Å². The van der Waals surface area contributed by atoms with E-state index in [0.29, 0.717) is 0 Å². The zero-order valence-electron chi connectivity index (χ0n) is 6.82. The summed E-state index contributed by atoms with van der Waals surface area (Å²) in [5.41, 5.74) is 5.30. The van der Waals surface area contributed by atoms with Crippen LogP contribution in [0.5, 0.6) is 0 Å². The highest BCUT2D eigenvalue weighted by Gasteiger charge is 2.33. The fourth-order valence-electron chi connectivity index (χ4n) is 0.806. The van der Waals surface area contributed by atoms with Crippen molar-refractivity contribution in [2.45, 2.75) is 18.6 Å². The summed E-state index contributed by atoms with van der Waals surface area (Å²) in [5.74, 6) is -1.75. The molecule has 0 fully saturated rings. The van der Waals surface area contributed by atoms with Gasteiger partial charge >= 0.3 is 7.60 Å². The van der Waals surface area contributed by atoms with Gasteiger partial charge in [-0.05, 0) is 0 Å². The number of hydrogen-bond donors (Lipinski definition) is 4. The van der Waals surface area contributed by atoms with E-state index >= 15 is 0 Å². The molecule has 74 valence electrons. The van der Waals surface area contributed by atoms with Crippen LogP contribution in [0.1, 0.15) is 18.7 Å². The van der Waals surface area contributed by atoms with Gasteiger partial charge in [0.15, 0.2) is 5.82 Å². The molecule has 13 heavy (non-hydrogen) atoms. The SMILES string of the molecule is CC(c1nn[nH]n1)C(N)P(=O)(O)O. The number of nitrogens with two attached hydrogens (primary N) is 1. The Morgan fingerprint density at radius 1 is 1.62 bits per heavy atom. The third kappa shape index (κ3) is 2.31. The molecule has 0 amide bonds. The summed E-state index contributed by atoms with van der Waals surface area (Å²) in [5, 5.41) is 12.6. The third-order valence-corrected chi connectivity index (χ3v) is 2.89. The molecular formula is C4H10N5O3P. The van der Waals surface area contributed by atoms with Crippen LogP contribution in [0.15, 0.2) is 0 Å². The van der Waals surface area contributed by atoms with Crippen LogP contribution in [0.2, 0.25) is 0 Å². The van der Waals surface area contributed by atoms with Crippen molar-refractivity contribution in [2.24, 2.45) is 5.73 Å². The van der Waals surface area contributed by atoms with Gasteiger partial charge in [-0.15, -0.1) is 10.2 Å². The predicted octanol–water partition coefficient (Wildman–Crippen LogP) is -1.23. The molecule has 5 N–H and O–H groups in total. The second kappa shape index (κ2) is 3.51. The van der Waals surface area contributed by atoms with E-state index in [2.05, 4.69) is 20.6 Å². The smallest absolute Gasteiger partial charge is 0.323 e. The van der Waals surface area contributed by atoms with Crippen LogP contribution in [0.25, 0.3) is 0 Å². The lowest BCUT2D eigenvalue weighted by Gasteiger charge is -2.17. The van der Waals surface area contributed by atoms with E-state index in [0.717, 1.165) is 0 Å². The molecule has 8 nitrogen and oxygen atoms in total. The minimum atomic E-state index is -4.30. The van der Waals surface area contributed by atoms with Crippen LogP contribution in [0.4, 0.5) is 0 Å². The van der Waals surface area contributed by atoms with Crippen molar-refractivity contribution >= 4 is 7.60 Å². The van der Waals surface area contributed by atoms with E-state index in [9.17, 15) is 4.57 Å². The maximum absolute atomic E-state index is 10.8. The summed E-state index contributed by atoms with van der Waals surface area (Å²) in [7, 11) is -4.30. The maximum atomic E-state index is 10.8. The van der Waals surface area contributed by atoms with Crippen LogP contribution in [-0.2, 0) is 4.57 Å². The molecule has 0 saturated heterocycles. The molecule has 0 aliphatic heterocycles. The van der Waals surface area contributed by atoms with Gasteiger partial charge < -0.3 is 15.5 Å². The lowest BCUT2D eigenvalue weighted by Crippen LogP contribution is -2.27. The minimum Gasteiger partial charge on any atom is -0.323 e. The molecule has 1 aromatic heterocycles. The molecule has 0 aromatic carbocycles. The average Bonchev–Trinajstić information content (AvgIpc) is 2.51. The molecule has 9 heteroatoms. The van der Waals surface area contributed by atoms with Crippen molar-refractivity contribution in [3.05, 3.63) is 5.82 Å². The molecule has 0 radical (unpaired) electrons. The summed E-state index contributed by atoms with van der Waals surface area (Å²) in [6, 6.07) is 0. The Hall–Kier alpha value is -0.820. The third-order valence-electron chi connectivity index (χ3n) is 1.67. The van der Waals surface area contributed by atoms with Crippen LogP contribution in [0.3, 0.4) is 0 Å². The number of H-pyrrole nitrogens is 1. The number of aromatic amines is 1. The van der Waals surface area contributed by atoms with Crippen LogP contribution >= 0.6 is 7.60 Å². The lowest BCUT2D eigenvalue weighted by molar-refractivity contribution is 0.350. The average molecular weight is 207 g/mol. The predicted molar refractivity (Wildman–Crippen MR) is 42.6 cm³/mol. The summed E-state index contributed by atoms with van der Waals surface area (Å²) >= 11 is 0. The van der Waals surface area contributed by atoms with Gasteiger partial charge in [0.25, 0.3) is 0 Å². The van der Waals surface area contributed by atoms with Crippen molar-refractivity contribution in [3.8, 4) is 0 Å². The number of aromatic nitrogens is 4. The number of rotatable bonds is 3. The van der Waals surface area contributed by atoms with Crippen molar-refractivity contribution in [2.75, 3.05) is 0 Å². The zero-order chi connectivity index (χ0) is 10.1. The second-order valence-corrected chi connectivity index (χ2v) is 4.41. The van der Waals surface area contributed by atoms with E-state index in [1.807, 2.05) is 0 Å². The monoisotopic (exact) mass is 207 g/mol. The molecular weight excluding hydrogens is 197 g/mol. The minimum absolute atomic E-state index is 0.191. The van der Waals surface area contributed by atoms with E-state index in [1.54, 1.807) is 0 Å². The fourth-order valence-corrected chi connectivity index (χ4v) is 1.52. The Labute approximate surface area is 73.7 Å². The molecule has 2 atom stereocenters. The van der Waals surface area contributed by atoms with Crippen molar-refractivity contribution < 1.29 is 14.4 Å². The first-order valence-electron chi connectivity index (χ1n) is 3.47. The van der Waals surface area contributed by atoms with Crippen LogP contribution in [0, 0.1) is 0 Å². The summed E-state index contributed by atoms with van der Waals surface area (Å²) in [6.07, 6.45) is 0. The molecule has 0 saturated carbocycles. The highest BCUT2D eigenvalue weighted by molar-refractivity contribution is 7.52. The Morgan fingerprint density at radius 3 is 2.62 bits per heavy atom. The van der Waals surface area contributed by atoms with E-state index in [1.165, 1.54) is 6.92 Å². The molecule has 1 aromatic rings. The van der Waals surface area contributed by atoms with Crippen LogP contribution < -0.4 is 5.73 Å². The largest absolute Gasteiger partial charge is 0.342 e. The zero-order valence-corrected chi connectivity index (χ0v) is 7.72. The first-order chi connectivity index (χ1) is 5.93. The molecule has 0 aliphatic carbocycles. The van der Waals surface area contributed by atoms with E-state index in [4.69, 9.17) is 15.5 Å². The Bertz CT molecular complexity index is 308. The van der Waals surface area contributed by atoms with Gasteiger partial charge in [0, 0.05) is 5.92 Å². The van der Waals surface area contributed by atoms with Crippen LogP contribution in [-0.4, -0.2) is 36.2 Å². The second-order valence-electron chi connectivity index (χ2n) is 2.64. The molecule has 0 bridgehead atoms. The first kappa shape index (κ1) is 10.3. The molecule has 0 spiro atoms. The lowest BCUT2D eigenvalue weighted by atomic mass is 10.2. The van der Waals surface area contributed by atoms with Crippen molar-refractivity contribution in [3.63, 3.8) is 0 Å². The number of nitrogens with one attached hydrogen (secondary N) is 1. The maximum Gasteiger partial charge on any atom is 0.342 e. The van der Waals surface area contributed by atoms with Crippen molar-refractivity contribution in [1.82, 2.24) is 20.6 Å². The highest BCUT2D eigenvalue weighted by Crippen LogP contribution is 2.43. The molecule has 2 unspecified atom stereocenters. The number of nitrogens with zero attached hydrogens (tertiary/aromatic N) is 3. The Morgan fingerprint density at radius 2 is 2.23 bits per heavy atom. The molecule has 1 rings (SSSR count). The number of hydrogen-bond acceptors (Lipinski definition) is 5. The number of tetrazole rings is 1. The van der Waals surface area contributed by atoms with Gasteiger partial charge in [-0.25, -0.2) is 0 Å². The molecule has 1 heterocycles.